The lowest BCUT2D eigenvalue weighted by molar-refractivity contribution is 0.416. The van der Waals surface area contributed by atoms with Gasteiger partial charge in [0.05, 0.1) is 25.0 Å². The van der Waals surface area contributed by atoms with Crippen LogP contribution in [-0.4, -0.2) is 27.3 Å². The first-order valence-electron chi connectivity index (χ1n) is 7.09. The van der Waals surface area contributed by atoms with Crippen LogP contribution >= 0.6 is 11.6 Å². The summed E-state index contributed by atoms with van der Waals surface area (Å²) in [7, 11) is 1.61. The normalized spacial score (nSPS) is 10.6. The minimum atomic E-state index is 0.458. The third-order valence-electron chi connectivity index (χ3n) is 3.45. The average Bonchev–Trinajstić information content (AvgIpc) is 3.05. The highest BCUT2D eigenvalue weighted by Gasteiger charge is 2.11. The molecular weight excluding hydrogens is 314 g/mol. The molecule has 0 saturated heterocycles. The summed E-state index contributed by atoms with van der Waals surface area (Å²) in [6, 6.07) is 13.5. The summed E-state index contributed by atoms with van der Waals surface area (Å²) in [5, 5.41) is 15.8. The third kappa shape index (κ3) is 3.27. The van der Waals surface area contributed by atoms with Crippen LogP contribution in [0.5, 0.6) is 5.75 Å². The van der Waals surface area contributed by atoms with Crippen LogP contribution in [0.15, 0.2) is 42.5 Å². The molecule has 0 radical (unpaired) electrons. The highest BCUT2D eigenvalue weighted by molar-refractivity contribution is 6.31. The molecular formula is C16H16ClN5O. The lowest BCUT2D eigenvalue weighted by Gasteiger charge is -2.13. The Morgan fingerprint density at radius 1 is 1.22 bits per heavy atom. The fourth-order valence-electron chi connectivity index (χ4n) is 2.23. The van der Waals surface area contributed by atoms with Gasteiger partial charge in [0.25, 0.3) is 0 Å². The van der Waals surface area contributed by atoms with E-state index < -0.39 is 0 Å². The molecule has 0 spiro atoms. The van der Waals surface area contributed by atoms with E-state index >= 15 is 0 Å². The van der Waals surface area contributed by atoms with E-state index in [-0.39, 0.29) is 0 Å². The van der Waals surface area contributed by atoms with E-state index in [1.165, 1.54) is 0 Å². The molecule has 0 fully saturated rings. The van der Waals surface area contributed by atoms with Crippen LogP contribution in [0.2, 0.25) is 5.02 Å². The summed E-state index contributed by atoms with van der Waals surface area (Å²) >= 11 is 6.13. The Kier molecular flexibility index (Phi) is 4.43. The van der Waals surface area contributed by atoms with Gasteiger partial charge in [-0.2, -0.15) is 4.68 Å². The number of nitrogens with zero attached hydrogens (tertiary/aromatic N) is 4. The molecule has 6 nitrogen and oxygen atoms in total. The Morgan fingerprint density at radius 2 is 2.00 bits per heavy atom. The number of anilines is 1. The van der Waals surface area contributed by atoms with Gasteiger partial charge in [-0.1, -0.05) is 29.8 Å². The quantitative estimate of drug-likeness (QED) is 0.778. The van der Waals surface area contributed by atoms with Crippen molar-refractivity contribution in [3.05, 3.63) is 58.9 Å². The van der Waals surface area contributed by atoms with Crippen molar-refractivity contribution < 1.29 is 4.74 Å². The molecule has 1 aromatic heterocycles. The highest BCUT2D eigenvalue weighted by atomic mass is 35.5. The fraction of sp³-hybridized carbons (Fsp3) is 0.188. The highest BCUT2D eigenvalue weighted by Crippen LogP contribution is 2.31. The number of aryl methyl sites for hydroxylation is 1. The second-order valence-electron chi connectivity index (χ2n) is 5.00. The molecule has 2 aromatic carbocycles. The van der Waals surface area contributed by atoms with Gasteiger partial charge in [-0.15, -0.1) is 5.10 Å². The molecule has 23 heavy (non-hydrogen) atoms. The first-order valence-corrected chi connectivity index (χ1v) is 7.47. The third-order valence-corrected chi connectivity index (χ3v) is 3.86. The minimum absolute atomic E-state index is 0.458. The van der Waals surface area contributed by atoms with Crippen LogP contribution in [0.25, 0.3) is 5.69 Å². The number of halogens is 1. The molecule has 0 aliphatic rings. The summed E-state index contributed by atoms with van der Waals surface area (Å²) in [5.41, 5.74) is 2.73. The molecule has 7 heteroatoms. The van der Waals surface area contributed by atoms with E-state index in [2.05, 4.69) is 20.8 Å². The minimum Gasteiger partial charge on any atom is -0.495 e. The zero-order valence-electron chi connectivity index (χ0n) is 12.8. The van der Waals surface area contributed by atoms with Gasteiger partial charge in [-0.3, -0.25) is 0 Å². The van der Waals surface area contributed by atoms with Crippen LogP contribution in [0.1, 0.15) is 11.4 Å². The van der Waals surface area contributed by atoms with Crippen LogP contribution in [0.4, 0.5) is 5.69 Å². The van der Waals surface area contributed by atoms with Crippen molar-refractivity contribution >= 4 is 17.3 Å². The van der Waals surface area contributed by atoms with Crippen molar-refractivity contribution in [3.63, 3.8) is 0 Å². The van der Waals surface area contributed by atoms with Gasteiger partial charge in [0, 0.05) is 11.1 Å². The molecule has 3 rings (SSSR count). The van der Waals surface area contributed by atoms with Crippen LogP contribution < -0.4 is 10.1 Å². The van der Waals surface area contributed by atoms with Crippen molar-refractivity contribution in [2.75, 3.05) is 12.4 Å². The zero-order chi connectivity index (χ0) is 16.2. The van der Waals surface area contributed by atoms with Gasteiger partial charge in [0.2, 0.25) is 0 Å². The largest absolute Gasteiger partial charge is 0.495 e. The maximum atomic E-state index is 6.13. The number of methoxy groups -OCH3 is 1. The molecule has 1 heterocycles. The van der Waals surface area contributed by atoms with Gasteiger partial charge in [-0.05, 0) is 41.1 Å². The molecule has 0 aliphatic carbocycles. The first kappa shape index (κ1) is 15.3. The molecule has 3 aromatic rings. The number of tetrazole rings is 1. The zero-order valence-corrected chi connectivity index (χ0v) is 13.6. The number of rotatable bonds is 5. The Labute approximate surface area is 139 Å². The Bertz CT molecular complexity index is 803. The molecule has 0 atom stereocenters. The topological polar surface area (TPSA) is 64.9 Å². The van der Waals surface area contributed by atoms with E-state index in [9.17, 15) is 0 Å². The standard InChI is InChI=1S/C16H16ClN5O/c1-11-8-14(15(23-2)9-13(11)17)18-10-16-19-20-21-22(16)12-6-4-3-5-7-12/h3-9,18H,10H2,1-2H3. The fourth-order valence-corrected chi connectivity index (χ4v) is 2.38. The number of ether oxygens (including phenoxy) is 1. The van der Waals surface area contributed by atoms with E-state index in [1.54, 1.807) is 17.9 Å². The summed E-state index contributed by atoms with van der Waals surface area (Å²) in [6.07, 6.45) is 0. The number of nitrogens with one attached hydrogen (secondary N) is 1. The van der Waals surface area contributed by atoms with Crippen molar-refractivity contribution in [3.8, 4) is 11.4 Å². The van der Waals surface area contributed by atoms with Gasteiger partial charge in [0.15, 0.2) is 5.82 Å². The van der Waals surface area contributed by atoms with E-state index in [0.29, 0.717) is 23.1 Å². The molecule has 1 N–H and O–H groups in total. The van der Waals surface area contributed by atoms with Crippen LogP contribution in [-0.2, 0) is 6.54 Å². The van der Waals surface area contributed by atoms with Gasteiger partial charge < -0.3 is 10.1 Å². The molecule has 0 bridgehead atoms. The van der Waals surface area contributed by atoms with Gasteiger partial charge in [-0.25, -0.2) is 0 Å². The molecule has 0 saturated carbocycles. The van der Waals surface area contributed by atoms with Crippen molar-refractivity contribution in [1.82, 2.24) is 20.2 Å². The number of benzene rings is 2. The predicted molar refractivity (Wildman–Crippen MR) is 89.2 cm³/mol. The summed E-state index contributed by atoms with van der Waals surface area (Å²) < 4.78 is 7.06. The number of hydrogen-bond donors (Lipinski definition) is 1. The SMILES string of the molecule is COc1cc(Cl)c(C)cc1NCc1nnnn1-c1ccccc1. The lowest BCUT2D eigenvalue weighted by Crippen LogP contribution is -2.09. The van der Waals surface area contributed by atoms with E-state index in [4.69, 9.17) is 16.3 Å². The van der Waals surface area contributed by atoms with Crippen LogP contribution in [0, 0.1) is 6.92 Å². The molecule has 0 aliphatic heterocycles. The maximum absolute atomic E-state index is 6.13. The number of para-hydroxylation sites is 1. The second-order valence-corrected chi connectivity index (χ2v) is 5.40. The Balaban J connectivity index is 1.83. The molecule has 118 valence electrons. The second kappa shape index (κ2) is 6.66. The first-order chi connectivity index (χ1) is 11.2. The Morgan fingerprint density at radius 3 is 2.74 bits per heavy atom. The van der Waals surface area contributed by atoms with Crippen LogP contribution in [0.3, 0.4) is 0 Å². The number of aromatic nitrogens is 4. The summed E-state index contributed by atoms with van der Waals surface area (Å²) in [4.78, 5) is 0. The van der Waals surface area contributed by atoms with Crippen molar-refractivity contribution in [2.24, 2.45) is 0 Å². The molecule has 0 unspecified atom stereocenters. The summed E-state index contributed by atoms with van der Waals surface area (Å²) in [5.74, 6) is 1.38. The Hall–Kier alpha value is -2.60. The van der Waals surface area contributed by atoms with Crippen molar-refractivity contribution in [1.29, 1.82) is 0 Å². The van der Waals surface area contributed by atoms with Crippen molar-refractivity contribution in [2.45, 2.75) is 13.5 Å². The van der Waals surface area contributed by atoms with E-state index in [1.807, 2.05) is 43.3 Å². The smallest absolute Gasteiger partial charge is 0.175 e. The molecule has 0 amide bonds. The lowest BCUT2D eigenvalue weighted by atomic mass is 10.2. The number of hydrogen-bond acceptors (Lipinski definition) is 5. The average molecular weight is 330 g/mol. The monoisotopic (exact) mass is 329 g/mol. The van der Waals surface area contributed by atoms with Gasteiger partial charge >= 0.3 is 0 Å². The summed E-state index contributed by atoms with van der Waals surface area (Å²) in [6.45, 7) is 2.40. The van der Waals surface area contributed by atoms with E-state index in [0.717, 1.165) is 16.9 Å². The van der Waals surface area contributed by atoms with Gasteiger partial charge in [0.1, 0.15) is 5.75 Å². The maximum Gasteiger partial charge on any atom is 0.175 e. The predicted octanol–water partition coefficient (Wildman–Crippen LogP) is 3.24.